The Labute approximate surface area is 63.8 Å². The Morgan fingerprint density at radius 3 is 3.27 bits per heavy atom. The van der Waals surface area contributed by atoms with Crippen LogP contribution in [0.15, 0.2) is 41.0 Å². The number of nitrogens with zero attached hydrogens (tertiary/aromatic N) is 2. The molecular formula is C7H7N3O. The van der Waals surface area contributed by atoms with Crippen molar-refractivity contribution < 1.29 is 5.11 Å². The number of aliphatic hydroxyl groups excluding tert-OH is 1. The molecule has 2 aliphatic heterocycles. The lowest BCUT2D eigenvalue weighted by Crippen LogP contribution is -2.25. The van der Waals surface area contributed by atoms with Crippen molar-refractivity contribution in [2.24, 2.45) is 4.99 Å². The molecule has 4 nitrogen and oxygen atoms in total. The van der Waals surface area contributed by atoms with E-state index in [2.05, 4.69) is 10.4 Å². The van der Waals surface area contributed by atoms with Crippen molar-refractivity contribution in [1.82, 2.24) is 10.4 Å². The average Bonchev–Trinajstić information content (AvgIpc) is 2.40. The summed E-state index contributed by atoms with van der Waals surface area (Å²) < 4.78 is 0. The largest absolute Gasteiger partial charge is 0.504 e. The summed E-state index contributed by atoms with van der Waals surface area (Å²) in [6.45, 7) is 0. The van der Waals surface area contributed by atoms with Gasteiger partial charge < -0.3 is 5.11 Å². The van der Waals surface area contributed by atoms with Gasteiger partial charge in [-0.3, -0.25) is 5.43 Å². The van der Waals surface area contributed by atoms with Crippen molar-refractivity contribution in [3.05, 3.63) is 36.0 Å². The van der Waals surface area contributed by atoms with Gasteiger partial charge in [0.05, 0.1) is 0 Å². The summed E-state index contributed by atoms with van der Waals surface area (Å²) in [6, 6.07) is 0. The van der Waals surface area contributed by atoms with Crippen LogP contribution in [-0.4, -0.2) is 16.5 Å². The normalized spacial score (nSPS) is 20.2. The molecule has 2 rings (SSSR count). The molecule has 2 aliphatic rings. The third kappa shape index (κ3) is 0.881. The second kappa shape index (κ2) is 2.16. The smallest absolute Gasteiger partial charge is 0.195 e. The van der Waals surface area contributed by atoms with E-state index in [-0.39, 0.29) is 5.76 Å². The first-order chi connectivity index (χ1) is 5.38. The van der Waals surface area contributed by atoms with Crippen LogP contribution in [0, 0.1) is 0 Å². The van der Waals surface area contributed by atoms with Gasteiger partial charge in [-0.1, -0.05) is 6.08 Å². The molecule has 0 saturated carbocycles. The molecule has 0 saturated heterocycles. The first kappa shape index (κ1) is 6.03. The molecule has 0 aliphatic carbocycles. The number of rotatable bonds is 0. The summed E-state index contributed by atoms with van der Waals surface area (Å²) in [4.78, 5) is 3.92. The van der Waals surface area contributed by atoms with E-state index < -0.39 is 0 Å². The Bertz CT molecular complexity index is 288. The number of aliphatic imine (C=N–C) groups is 1. The third-order valence-electron chi connectivity index (χ3n) is 1.44. The standard InChI is InChI=1S/C7H7N3O/c11-6-3-1-2-4-10-7(6)8-5-9-10/h1-5,11H,(H,8,9). The van der Waals surface area contributed by atoms with Crippen molar-refractivity contribution in [1.29, 1.82) is 0 Å². The number of allylic oxidation sites excluding steroid dienone is 3. The van der Waals surface area contributed by atoms with Gasteiger partial charge in [0.25, 0.3) is 0 Å². The predicted molar refractivity (Wildman–Crippen MR) is 41.4 cm³/mol. The Balaban J connectivity index is 2.45. The van der Waals surface area contributed by atoms with Gasteiger partial charge in [-0.15, -0.1) is 0 Å². The number of hydrazine groups is 1. The number of hydrogen-bond acceptors (Lipinski definition) is 4. The van der Waals surface area contributed by atoms with Crippen LogP contribution < -0.4 is 5.43 Å². The van der Waals surface area contributed by atoms with Crippen LogP contribution in [0.3, 0.4) is 0 Å². The number of hydrogen-bond donors (Lipinski definition) is 2. The maximum atomic E-state index is 9.32. The summed E-state index contributed by atoms with van der Waals surface area (Å²) in [5.41, 5.74) is 2.83. The van der Waals surface area contributed by atoms with Crippen molar-refractivity contribution >= 4 is 6.34 Å². The van der Waals surface area contributed by atoms with E-state index in [9.17, 15) is 5.11 Å². The van der Waals surface area contributed by atoms with E-state index >= 15 is 0 Å². The lowest BCUT2D eigenvalue weighted by atomic mass is 10.4. The van der Waals surface area contributed by atoms with Crippen molar-refractivity contribution in [2.75, 3.05) is 0 Å². The molecule has 0 aromatic rings. The van der Waals surface area contributed by atoms with E-state index in [1.807, 2.05) is 6.08 Å². The van der Waals surface area contributed by atoms with E-state index in [0.717, 1.165) is 0 Å². The van der Waals surface area contributed by atoms with Crippen LogP contribution in [0.4, 0.5) is 0 Å². The highest BCUT2D eigenvalue weighted by Crippen LogP contribution is 2.15. The van der Waals surface area contributed by atoms with E-state index in [0.29, 0.717) is 5.82 Å². The monoisotopic (exact) mass is 149 g/mol. The zero-order valence-electron chi connectivity index (χ0n) is 5.73. The van der Waals surface area contributed by atoms with Crippen LogP contribution in [0.2, 0.25) is 0 Å². The number of fused-ring (bicyclic) bond motifs is 1. The molecule has 0 amide bonds. The summed E-state index contributed by atoms with van der Waals surface area (Å²) in [5.74, 6) is 0.686. The first-order valence-electron chi connectivity index (χ1n) is 3.24. The molecule has 0 spiro atoms. The Kier molecular flexibility index (Phi) is 1.18. The molecule has 11 heavy (non-hydrogen) atoms. The highest BCUT2D eigenvalue weighted by Gasteiger charge is 2.14. The van der Waals surface area contributed by atoms with Gasteiger partial charge in [0.15, 0.2) is 11.6 Å². The van der Waals surface area contributed by atoms with Gasteiger partial charge in [-0.05, 0) is 12.2 Å². The molecule has 2 heterocycles. The quantitative estimate of drug-likeness (QED) is 0.531. The van der Waals surface area contributed by atoms with Crippen molar-refractivity contribution in [2.45, 2.75) is 0 Å². The molecule has 0 atom stereocenters. The Morgan fingerprint density at radius 1 is 1.45 bits per heavy atom. The SMILES string of the molecule is OC1=C2N=CNN2C=CC=C1. The maximum Gasteiger partial charge on any atom is 0.195 e. The highest BCUT2D eigenvalue weighted by molar-refractivity contribution is 5.60. The molecule has 0 unspecified atom stereocenters. The summed E-state index contributed by atoms with van der Waals surface area (Å²) >= 11 is 0. The van der Waals surface area contributed by atoms with Crippen molar-refractivity contribution in [3.63, 3.8) is 0 Å². The van der Waals surface area contributed by atoms with Gasteiger partial charge in [-0.25, -0.2) is 10.0 Å². The summed E-state index contributed by atoms with van der Waals surface area (Å²) in [5, 5.41) is 11.0. The fraction of sp³-hybridized carbons (Fsp3) is 0. The fourth-order valence-electron chi connectivity index (χ4n) is 0.936. The number of aliphatic hydroxyl groups is 1. The minimum absolute atomic E-state index is 0.163. The molecule has 4 heteroatoms. The zero-order chi connectivity index (χ0) is 7.68. The molecule has 0 bridgehead atoms. The average molecular weight is 149 g/mol. The minimum atomic E-state index is 0.163. The number of nitrogens with one attached hydrogen (secondary N) is 1. The van der Waals surface area contributed by atoms with Gasteiger partial charge in [0.1, 0.15) is 6.34 Å². The fourth-order valence-corrected chi connectivity index (χ4v) is 0.936. The van der Waals surface area contributed by atoms with E-state index in [1.54, 1.807) is 23.4 Å². The highest BCUT2D eigenvalue weighted by atomic mass is 16.3. The Hall–Kier alpha value is -1.71. The predicted octanol–water partition coefficient (Wildman–Crippen LogP) is 0.645. The van der Waals surface area contributed by atoms with Gasteiger partial charge >= 0.3 is 0 Å². The van der Waals surface area contributed by atoms with Gasteiger partial charge in [0.2, 0.25) is 0 Å². The van der Waals surface area contributed by atoms with E-state index in [1.165, 1.54) is 6.34 Å². The minimum Gasteiger partial charge on any atom is -0.504 e. The molecule has 0 fully saturated rings. The Morgan fingerprint density at radius 2 is 2.36 bits per heavy atom. The van der Waals surface area contributed by atoms with E-state index in [4.69, 9.17) is 0 Å². The lowest BCUT2D eigenvalue weighted by molar-refractivity contribution is 0.371. The molecule has 0 aromatic heterocycles. The maximum absolute atomic E-state index is 9.32. The van der Waals surface area contributed by atoms with Gasteiger partial charge in [-0.2, -0.15) is 0 Å². The molecule has 56 valence electrons. The second-order valence-corrected chi connectivity index (χ2v) is 2.17. The topological polar surface area (TPSA) is 47.9 Å². The van der Waals surface area contributed by atoms with Gasteiger partial charge in [0, 0.05) is 6.20 Å². The van der Waals surface area contributed by atoms with Crippen LogP contribution in [-0.2, 0) is 0 Å². The summed E-state index contributed by atoms with van der Waals surface area (Å²) in [7, 11) is 0. The van der Waals surface area contributed by atoms with Crippen molar-refractivity contribution in [3.8, 4) is 0 Å². The van der Waals surface area contributed by atoms with Crippen LogP contribution in [0.25, 0.3) is 0 Å². The molecular weight excluding hydrogens is 142 g/mol. The molecule has 0 aromatic carbocycles. The lowest BCUT2D eigenvalue weighted by Gasteiger charge is -2.11. The zero-order valence-corrected chi connectivity index (χ0v) is 5.73. The summed E-state index contributed by atoms with van der Waals surface area (Å²) in [6.07, 6.45) is 8.45. The van der Waals surface area contributed by atoms with Crippen LogP contribution >= 0.6 is 0 Å². The molecule has 0 radical (unpaired) electrons. The molecule has 2 N–H and O–H groups in total. The van der Waals surface area contributed by atoms with Crippen LogP contribution in [0.5, 0.6) is 0 Å². The van der Waals surface area contributed by atoms with Crippen LogP contribution in [0.1, 0.15) is 0 Å². The second-order valence-electron chi connectivity index (χ2n) is 2.17. The third-order valence-corrected chi connectivity index (χ3v) is 1.44. The first-order valence-corrected chi connectivity index (χ1v) is 3.24.